The molecule has 0 aliphatic carbocycles. The molecule has 1 saturated heterocycles. The summed E-state index contributed by atoms with van der Waals surface area (Å²) in [5, 5.41) is 7.43. The summed E-state index contributed by atoms with van der Waals surface area (Å²) in [7, 11) is 3.89. The van der Waals surface area contributed by atoms with Crippen molar-refractivity contribution in [2.75, 3.05) is 37.5 Å². The van der Waals surface area contributed by atoms with Crippen LogP contribution in [0.1, 0.15) is 25.3 Å². The highest BCUT2D eigenvalue weighted by atomic mass is 35.5. The fourth-order valence-corrected chi connectivity index (χ4v) is 3.48. The molecule has 1 fully saturated rings. The first-order valence-electron chi connectivity index (χ1n) is 7.96. The zero-order valence-electron chi connectivity index (χ0n) is 14.2. The lowest BCUT2D eigenvalue weighted by Crippen LogP contribution is -2.27. The highest BCUT2D eigenvalue weighted by Gasteiger charge is 2.25. The zero-order valence-corrected chi connectivity index (χ0v) is 15.0. The van der Waals surface area contributed by atoms with Crippen LogP contribution in [0.3, 0.4) is 0 Å². The van der Waals surface area contributed by atoms with Gasteiger partial charge >= 0.3 is 0 Å². The highest BCUT2D eigenvalue weighted by Crippen LogP contribution is 2.34. The van der Waals surface area contributed by atoms with Crippen LogP contribution in [0.5, 0.6) is 0 Å². The van der Waals surface area contributed by atoms with E-state index in [0.717, 1.165) is 36.6 Å². The molecule has 5 nitrogen and oxygen atoms in total. The Kier molecular flexibility index (Phi) is 4.50. The second-order valence-electron chi connectivity index (χ2n) is 6.20. The van der Waals surface area contributed by atoms with Crippen molar-refractivity contribution >= 4 is 28.7 Å². The zero-order chi connectivity index (χ0) is 16.6. The average Bonchev–Trinajstić information content (AvgIpc) is 2.69. The number of anilines is 2. The molecule has 124 valence electrons. The van der Waals surface area contributed by atoms with E-state index < -0.39 is 0 Å². The number of hydrazone groups is 1. The molecule has 0 amide bonds. The van der Waals surface area contributed by atoms with Gasteiger partial charge < -0.3 is 10.3 Å². The normalized spacial score (nSPS) is 18.0. The number of benzene rings is 1. The van der Waals surface area contributed by atoms with E-state index in [4.69, 9.17) is 11.6 Å². The van der Waals surface area contributed by atoms with E-state index >= 15 is 0 Å². The van der Waals surface area contributed by atoms with Crippen LogP contribution in [0.2, 0.25) is 5.02 Å². The number of hydrazine groups is 1. The Morgan fingerprint density at radius 1 is 1.26 bits per heavy atom. The summed E-state index contributed by atoms with van der Waals surface area (Å²) in [4.78, 5) is 2.42. The van der Waals surface area contributed by atoms with Gasteiger partial charge in [-0.25, -0.2) is 5.43 Å². The van der Waals surface area contributed by atoms with Gasteiger partial charge in [-0.3, -0.25) is 5.01 Å². The molecule has 1 aromatic rings. The van der Waals surface area contributed by atoms with Gasteiger partial charge in [0.2, 0.25) is 0 Å². The van der Waals surface area contributed by atoms with Crippen LogP contribution in [0.25, 0.3) is 0 Å². The summed E-state index contributed by atoms with van der Waals surface area (Å²) in [5.74, 6) is 0. The van der Waals surface area contributed by atoms with E-state index in [1.54, 1.807) is 0 Å². The number of hydrogen-bond acceptors (Lipinski definition) is 5. The third-order valence-corrected chi connectivity index (χ3v) is 4.92. The molecule has 0 aromatic heterocycles. The van der Waals surface area contributed by atoms with Gasteiger partial charge in [0.1, 0.15) is 0 Å². The minimum atomic E-state index is 0.746. The number of allylic oxidation sites excluding steroid dienone is 1. The molecule has 6 heteroatoms. The molecule has 23 heavy (non-hydrogen) atoms. The van der Waals surface area contributed by atoms with Gasteiger partial charge in [-0.15, -0.1) is 0 Å². The number of hydrogen-bond donors (Lipinski definition) is 2. The van der Waals surface area contributed by atoms with E-state index in [9.17, 15) is 0 Å². The summed E-state index contributed by atoms with van der Waals surface area (Å²) < 4.78 is 0. The molecule has 1 aromatic carbocycles. The summed E-state index contributed by atoms with van der Waals surface area (Å²) in [5.41, 5.74) is 13.5. The number of halogens is 1. The lowest BCUT2D eigenvalue weighted by atomic mass is 10.0. The van der Waals surface area contributed by atoms with E-state index in [-0.39, 0.29) is 0 Å². The third kappa shape index (κ3) is 3.16. The summed E-state index contributed by atoms with van der Waals surface area (Å²) in [6.07, 6.45) is 1.98. The minimum Gasteiger partial charge on any atom is -0.367 e. The molecule has 2 heterocycles. The lowest BCUT2D eigenvalue weighted by Gasteiger charge is -2.28. The van der Waals surface area contributed by atoms with Crippen LogP contribution in [-0.2, 0) is 0 Å². The quantitative estimate of drug-likeness (QED) is 0.832. The number of nitrogens with one attached hydrogen (secondary N) is 2. The smallest absolute Gasteiger partial charge is 0.0552 e. The molecule has 0 saturated carbocycles. The Bertz CT molecular complexity index is 680. The van der Waals surface area contributed by atoms with Crippen LogP contribution in [0, 0.1) is 6.92 Å². The fourth-order valence-electron chi connectivity index (χ4n) is 3.27. The van der Waals surface area contributed by atoms with Crippen LogP contribution in [-0.4, -0.2) is 37.9 Å². The van der Waals surface area contributed by atoms with Crippen molar-refractivity contribution in [1.82, 2.24) is 10.4 Å². The maximum absolute atomic E-state index is 6.34. The maximum Gasteiger partial charge on any atom is 0.0552 e. The number of rotatable bonds is 3. The highest BCUT2D eigenvalue weighted by molar-refractivity contribution is 6.31. The van der Waals surface area contributed by atoms with Crippen LogP contribution in [0.15, 0.2) is 28.5 Å². The van der Waals surface area contributed by atoms with Gasteiger partial charge in [0.25, 0.3) is 0 Å². The van der Waals surface area contributed by atoms with Crippen molar-refractivity contribution in [2.24, 2.45) is 5.10 Å². The van der Waals surface area contributed by atoms with Gasteiger partial charge in [0.15, 0.2) is 0 Å². The fraction of sp³-hybridized carbons (Fsp3) is 0.471. The van der Waals surface area contributed by atoms with E-state index in [1.807, 2.05) is 25.2 Å². The summed E-state index contributed by atoms with van der Waals surface area (Å²) in [6, 6.07) is 4.02. The van der Waals surface area contributed by atoms with E-state index in [0.29, 0.717) is 0 Å². The largest absolute Gasteiger partial charge is 0.367 e. The Balaban J connectivity index is 1.98. The van der Waals surface area contributed by atoms with E-state index in [1.165, 1.54) is 28.2 Å². The Labute approximate surface area is 143 Å². The van der Waals surface area contributed by atoms with Gasteiger partial charge in [-0.1, -0.05) is 11.6 Å². The predicted octanol–water partition coefficient (Wildman–Crippen LogP) is 3.37. The molecule has 3 rings (SSSR count). The van der Waals surface area contributed by atoms with Gasteiger partial charge in [-0.2, -0.15) is 5.10 Å². The molecule has 0 unspecified atom stereocenters. The molecule has 2 bridgehead atoms. The van der Waals surface area contributed by atoms with Crippen LogP contribution in [0.4, 0.5) is 11.4 Å². The molecule has 2 aliphatic heterocycles. The van der Waals surface area contributed by atoms with Crippen LogP contribution < -0.4 is 15.8 Å². The Morgan fingerprint density at radius 3 is 2.78 bits per heavy atom. The standard InChI is InChI=1S/C17H24ClN5/c1-11-16(20-19-3)8-14(18)9-17(11)23-6-5-15-7-13(10-23)12(2)22(4)21-15/h8-9,19-20H,5-7,10H2,1-4H3. The van der Waals surface area contributed by atoms with Crippen molar-refractivity contribution in [1.29, 1.82) is 0 Å². The second kappa shape index (κ2) is 6.42. The SMILES string of the molecule is CNNc1cc(Cl)cc(N2CCC3=NN(C)C(C)=C(C3)C2)c1C. The molecule has 2 N–H and O–H groups in total. The van der Waals surface area contributed by atoms with Crippen molar-refractivity contribution < 1.29 is 0 Å². The summed E-state index contributed by atoms with van der Waals surface area (Å²) in [6.45, 7) is 6.17. The van der Waals surface area contributed by atoms with Crippen molar-refractivity contribution in [3.8, 4) is 0 Å². The molecule has 0 atom stereocenters. The Hall–Kier alpha value is -1.72. The second-order valence-corrected chi connectivity index (χ2v) is 6.64. The first kappa shape index (κ1) is 16.1. The Morgan fingerprint density at radius 2 is 2.04 bits per heavy atom. The lowest BCUT2D eigenvalue weighted by molar-refractivity contribution is 0.430. The van der Waals surface area contributed by atoms with E-state index in [2.05, 4.69) is 40.8 Å². The van der Waals surface area contributed by atoms with Crippen LogP contribution >= 0.6 is 11.6 Å². The summed E-state index contributed by atoms with van der Waals surface area (Å²) >= 11 is 6.34. The maximum atomic E-state index is 6.34. The first-order chi connectivity index (χ1) is 11.0. The van der Waals surface area contributed by atoms with Crippen molar-refractivity contribution in [2.45, 2.75) is 26.7 Å². The molecular weight excluding hydrogens is 310 g/mol. The van der Waals surface area contributed by atoms with Crippen molar-refractivity contribution in [3.63, 3.8) is 0 Å². The molecule has 2 aliphatic rings. The average molecular weight is 334 g/mol. The monoisotopic (exact) mass is 333 g/mol. The van der Waals surface area contributed by atoms with Crippen molar-refractivity contribution in [3.05, 3.63) is 34.0 Å². The van der Waals surface area contributed by atoms with Gasteiger partial charge in [0, 0.05) is 62.1 Å². The predicted molar refractivity (Wildman–Crippen MR) is 98.2 cm³/mol. The molecular formula is C17H24ClN5. The first-order valence-corrected chi connectivity index (χ1v) is 8.34. The van der Waals surface area contributed by atoms with Gasteiger partial charge in [-0.05, 0) is 37.1 Å². The number of fused-ring (bicyclic) bond motifs is 2. The number of nitrogens with zero attached hydrogens (tertiary/aromatic N) is 3. The topological polar surface area (TPSA) is 42.9 Å². The minimum absolute atomic E-state index is 0.746. The van der Waals surface area contributed by atoms with Gasteiger partial charge in [0.05, 0.1) is 5.69 Å². The third-order valence-electron chi connectivity index (χ3n) is 4.70. The molecule has 0 radical (unpaired) electrons. The molecule has 0 spiro atoms.